The number of rotatable bonds is 4. The van der Waals surface area contributed by atoms with Gasteiger partial charge in [0.2, 0.25) is 0 Å². The quantitative estimate of drug-likeness (QED) is 0.502. The molecule has 0 atom stereocenters. The Kier molecular flexibility index (Phi) is 5.94. The zero-order valence-corrected chi connectivity index (χ0v) is 13.5. The molecule has 0 aliphatic heterocycles. The van der Waals surface area contributed by atoms with Crippen LogP contribution in [0.25, 0.3) is 0 Å². The minimum absolute atomic E-state index is 0.122. The van der Waals surface area contributed by atoms with Gasteiger partial charge in [0.15, 0.2) is 0 Å². The van der Waals surface area contributed by atoms with Crippen molar-refractivity contribution in [1.29, 1.82) is 0 Å². The van der Waals surface area contributed by atoms with Crippen molar-refractivity contribution in [3.8, 4) is 0 Å². The van der Waals surface area contributed by atoms with Crippen molar-refractivity contribution < 1.29 is 9.59 Å². The van der Waals surface area contributed by atoms with Crippen LogP contribution >= 0.6 is 34.5 Å². The van der Waals surface area contributed by atoms with Crippen molar-refractivity contribution in [2.75, 3.05) is 0 Å². The SMILES string of the molecule is O=C(NCc1ccc(Cl)cc1Cl)C(=O)N/N=C\c1cccs1. The van der Waals surface area contributed by atoms with Gasteiger partial charge in [-0.2, -0.15) is 5.10 Å². The fourth-order valence-electron chi connectivity index (χ4n) is 1.49. The first-order valence-electron chi connectivity index (χ1n) is 6.15. The Balaban J connectivity index is 1.82. The van der Waals surface area contributed by atoms with Crippen LogP contribution < -0.4 is 10.7 Å². The van der Waals surface area contributed by atoms with Crippen LogP contribution in [0.5, 0.6) is 0 Å². The van der Waals surface area contributed by atoms with E-state index in [1.807, 2.05) is 17.5 Å². The lowest BCUT2D eigenvalue weighted by Gasteiger charge is -2.06. The summed E-state index contributed by atoms with van der Waals surface area (Å²) < 4.78 is 0. The molecule has 0 saturated carbocycles. The Labute approximate surface area is 140 Å². The van der Waals surface area contributed by atoms with E-state index in [-0.39, 0.29) is 6.54 Å². The zero-order valence-electron chi connectivity index (χ0n) is 11.2. The molecule has 0 fully saturated rings. The minimum atomic E-state index is -0.849. The van der Waals surface area contributed by atoms with Gasteiger partial charge in [-0.15, -0.1) is 11.3 Å². The zero-order chi connectivity index (χ0) is 15.9. The lowest BCUT2D eigenvalue weighted by atomic mass is 10.2. The largest absolute Gasteiger partial charge is 0.344 e. The number of amides is 2. The number of hydrazone groups is 1. The maximum Gasteiger partial charge on any atom is 0.329 e. The lowest BCUT2D eigenvalue weighted by Crippen LogP contribution is -2.37. The first kappa shape index (κ1) is 16.5. The van der Waals surface area contributed by atoms with Gasteiger partial charge in [-0.3, -0.25) is 9.59 Å². The van der Waals surface area contributed by atoms with Gasteiger partial charge in [-0.1, -0.05) is 35.3 Å². The van der Waals surface area contributed by atoms with Crippen molar-refractivity contribution in [3.63, 3.8) is 0 Å². The summed E-state index contributed by atoms with van der Waals surface area (Å²) in [7, 11) is 0. The first-order valence-corrected chi connectivity index (χ1v) is 7.78. The third-order valence-corrected chi connectivity index (χ3v) is 3.96. The highest BCUT2D eigenvalue weighted by Gasteiger charge is 2.12. The Morgan fingerprint density at radius 2 is 2.05 bits per heavy atom. The molecule has 1 aromatic carbocycles. The summed E-state index contributed by atoms with van der Waals surface area (Å²) in [6.07, 6.45) is 1.46. The minimum Gasteiger partial charge on any atom is -0.344 e. The third-order valence-electron chi connectivity index (χ3n) is 2.56. The summed E-state index contributed by atoms with van der Waals surface area (Å²) in [6.45, 7) is 0.122. The van der Waals surface area contributed by atoms with Gasteiger partial charge in [0.05, 0.1) is 6.21 Å². The van der Waals surface area contributed by atoms with Crippen LogP contribution in [0.4, 0.5) is 0 Å². The number of benzene rings is 1. The normalized spacial score (nSPS) is 10.6. The number of halogens is 2. The molecular formula is C14H11Cl2N3O2S. The van der Waals surface area contributed by atoms with E-state index >= 15 is 0 Å². The summed E-state index contributed by atoms with van der Waals surface area (Å²) in [5.41, 5.74) is 2.81. The second kappa shape index (κ2) is 7.93. The van der Waals surface area contributed by atoms with Gasteiger partial charge in [0.25, 0.3) is 0 Å². The van der Waals surface area contributed by atoms with Crippen LogP contribution in [0, 0.1) is 0 Å². The van der Waals surface area contributed by atoms with Crippen LogP contribution in [0.15, 0.2) is 40.8 Å². The average molecular weight is 356 g/mol. The van der Waals surface area contributed by atoms with Crippen LogP contribution in [-0.2, 0) is 16.1 Å². The molecule has 2 amide bonds. The van der Waals surface area contributed by atoms with Gasteiger partial charge in [-0.05, 0) is 29.1 Å². The van der Waals surface area contributed by atoms with E-state index in [0.29, 0.717) is 15.6 Å². The predicted octanol–water partition coefficient (Wildman–Crippen LogP) is 2.82. The Bertz CT molecular complexity index is 702. The number of thiophene rings is 1. The van der Waals surface area contributed by atoms with Gasteiger partial charge in [0.1, 0.15) is 0 Å². The fourth-order valence-corrected chi connectivity index (χ4v) is 2.55. The van der Waals surface area contributed by atoms with Gasteiger partial charge >= 0.3 is 11.8 Å². The third kappa shape index (κ3) is 4.84. The Hall–Kier alpha value is -1.89. The van der Waals surface area contributed by atoms with Crippen LogP contribution in [0.1, 0.15) is 10.4 Å². The van der Waals surface area contributed by atoms with Crippen molar-refractivity contribution in [3.05, 3.63) is 56.2 Å². The number of hydrogen-bond donors (Lipinski definition) is 2. The molecule has 0 aliphatic rings. The smallest absolute Gasteiger partial charge is 0.329 e. The molecule has 114 valence electrons. The van der Waals surface area contributed by atoms with E-state index in [0.717, 1.165) is 4.88 Å². The van der Waals surface area contributed by atoms with E-state index in [2.05, 4.69) is 15.8 Å². The van der Waals surface area contributed by atoms with Crippen LogP contribution in [0.3, 0.4) is 0 Å². The van der Waals surface area contributed by atoms with E-state index in [1.54, 1.807) is 18.2 Å². The van der Waals surface area contributed by atoms with Crippen LogP contribution in [0.2, 0.25) is 10.0 Å². The maximum absolute atomic E-state index is 11.6. The molecule has 1 heterocycles. The number of nitrogens with one attached hydrogen (secondary N) is 2. The highest BCUT2D eigenvalue weighted by atomic mass is 35.5. The lowest BCUT2D eigenvalue weighted by molar-refractivity contribution is -0.139. The summed E-state index contributed by atoms with van der Waals surface area (Å²) in [6, 6.07) is 8.59. The molecule has 2 rings (SSSR count). The highest BCUT2D eigenvalue weighted by Crippen LogP contribution is 2.20. The van der Waals surface area contributed by atoms with E-state index < -0.39 is 11.8 Å². The Morgan fingerprint density at radius 1 is 1.23 bits per heavy atom. The van der Waals surface area contributed by atoms with E-state index in [9.17, 15) is 9.59 Å². The number of carbonyl (C=O) groups excluding carboxylic acids is 2. The highest BCUT2D eigenvalue weighted by molar-refractivity contribution is 7.11. The number of hydrogen-bond acceptors (Lipinski definition) is 4. The molecule has 1 aromatic heterocycles. The van der Waals surface area contributed by atoms with E-state index in [4.69, 9.17) is 23.2 Å². The van der Waals surface area contributed by atoms with Gasteiger partial charge in [-0.25, -0.2) is 5.43 Å². The van der Waals surface area contributed by atoms with Gasteiger partial charge in [0, 0.05) is 21.5 Å². The predicted molar refractivity (Wildman–Crippen MR) is 88.4 cm³/mol. The summed E-state index contributed by atoms with van der Waals surface area (Å²) in [4.78, 5) is 24.0. The number of carbonyl (C=O) groups is 2. The van der Waals surface area contributed by atoms with Crippen molar-refractivity contribution in [2.24, 2.45) is 5.10 Å². The molecule has 0 spiro atoms. The summed E-state index contributed by atoms with van der Waals surface area (Å²) in [5, 5.41) is 8.96. The fraction of sp³-hybridized carbons (Fsp3) is 0.0714. The monoisotopic (exact) mass is 355 g/mol. The maximum atomic E-state index is 11.6. The standard InChI is InChI=1S/C14H11Cl2N3O2S/c15-10-4-3-9(12(16)6-10)7-17-13(20)14(21)19-18-8-11-2-1-5-22-11/h1-6,8H,7H2,(H,17,20)(H,19,21)/b18-8-. The van der Waals surface area contributed by atoms with Gasteiger partial charge < -0.3 is 5.32 Å². The topological polar surface area (TPSA) is 70.6 Å². The second-order valence-corrected chi connectivity index (χ2v) is 5.96. The molecule has 2 aromatic rings. The molecule has 0 aliphatic carbocycles. The van der Waals surface area contributed by atoms with Crippen molar-refractivity contribution >= 4 is 52.6 Å². The molecule has 5 nitrogen and oxygen atoms in total. The molecule has 22 heavy (non-hydrogen) atoms. The summed E-state index contributed by atoms with van der Waals surface area (Å²) in [5.74, 6) is -1.65. The first-order chi connectivity index (χ1) is 10.6. The van der Waals surface area contributed by atoms with Crippen molar-refractivity contribution in [2.45, 2.75) is 6.54 Å². The molecule has 2 N–H and O–H groups in total. The Morgan fingerprint density at radius 3 is 2.73 bits per heavy atom. The number of nitrogens with zero attached hydrogens (tertiary/aromatic N) is 1. The molecule has 0 radical (unpaired) electrons. The molecular weight excluding hydrogens is 345 g/mol. The molecule has 8 heteroatoms. The second-order valence-electron chi connectivity index (χ2n) is 4.13. The molecule has 0 saturated heterocycles. The average Bonchev–Trinajstić information content (AvgIpc) is 2.99. The van der Waals surface area contributed by atoms with Crippen LogP contribution in [-0.4, -0.2) is 18.0 Å². The molecule has 0 unspecified atom stereocenters. The van der Waals surface area contributed by atoms with E-state index in [1.165, 1.54) is 17.6 Å². The summed E-state index contributed by atoms with van der Waals surface area (Å²) >= 11 is 13.2. The van der Waals surface area contributed by atoms with Crippen molar-refractivity contribution in [1.82, 2.24) is 10.7 Å². The molecule has 0 bridgehead atoms.